The zero-order chi connectivity index (χ0) is 12.8. The molecule has 0 aliphatic carbocycles. The van der Waals surface area contributed by atoms with Gasteiger partial charge >= 0.3 is 6.18 Å². The topological polar surface area (TPSA) is 12.0 Å². The van der Waals surface area contributed by atoms with Gasteiger partial charge in [0.1, 0.15) is 0 Å². The summed E-state index contributed by atoms with van der Waals surface area (Å²) in [6, 6.07) is 11.3. The summed E-state index contributed by atoms with van der Waals surface area (Å²) in [7, 11) is 0. The van der Waals surface area contributed by atoms with Crippen LogP contribution < -0.4 is 5.32 Å². The Morgan fingerprint density at radius 2 is 1.61 bits per heavy atom. The van der Waals surface area contributed by atoms with Gasteiger partial charge in [-0.1, -0.05) is 23.9 Å². The molecule has 92 valence electrons. The van der Waals surface area contributed by atoms with Crippen LogP contribution in [0, 0.1) is 0 Å². The molecular formula is C13H8F3NS. The van der Waals surface area contributed by atoms with Gasteiger partial charge in [0.25, 0.3) is 0 Å². The lowest BCUT2D eigenvalue weighted by Gasteiger charge is -2.21. The number of anilines is 2. The first-order valence-electron chi connectivity index (χ1n) is 5.29. The maximum absolute atomic E-state index is 12.6. The summed E-state index contributed by atoms with van der Waals surface area (Å²) >= 11 is 1.35. The second-order valence-electron chi connectivity index (χ2n) is 3.93. The van der Waals surface area contributed by atoms with E-state index in [9.17, 15) is 13.2 Å². The van der Waals surface area contributed by atoms with Crippen molar-refractivity contribution < 1.29 is 13.2 Å². The molecule has 0 radical (unpaired) electrons. The van der Waals surface area contributed by atoms with Crippen molar-refractivity contribution in [2.45, 2.75) is 16.0 Å². The summed E-state index contributed by atoms with van der Waals surface area (Å²) in [5, 5.41) is 3.13. The Hall–Kier alpha value is -1.62. The molecule has 0 atom stereocenters. The van der Waals surface area contributed by atoms with E-state index in [4.69, 9.17) is 0 Å². The molecule has 3 rings (SSSR count). The number of hydrogen-bond donors (Lipinski definition) is 1. The van der Waals surface area contributed by atoms with Crippen molar-refractivity contribution in [2.24, 2.45) is 0 Å². The van der Waals surface area contributed by atoms with Crippen LogP contribution in [0.25, 0.3) is 0 Å². The fraction of sp³-hybridized carbons (Fsp3) is 0.0769. The third-order valence-corrected chi connectivity index (χ3v) is 3.82. The van der Waals surface area contributed by atoms with Gasteiger partial charge in [0.2, 0.25) is 0 Å². The van der Waals surface area contributed by atoms with Crippen molar-refractivity contribution in [1.29, 1.82) is 0 Å². The highest BCUT2D eigenvalue weighted by Gasteiger charge is 2.31. The Kier molecular flexibility index (Phi) is 2.52. The number of rotatable bonds is 0. The van der Waals surface area contributed by atoms with E-state index in [0.29, 0.717) is 10.6 Å². The second kappa shape index (κ2) is 3.95. The monoisotopic (exact) mass is 267 g/mol. The van der Waals surface area contributed by atoms with Crippen molar-refractivity contribution >= 4 is 23.1 Å². The van der Waals surface area contributed by atoms with Gasteiger partial charge in [-0.3, -0.25) is 0 Å². The van der Waals surface area contributed by atoms with Gasteiger partial charge < -0.3 is 5.32 Å². The lowest BCUT2D eigenvalue weighted by Crippen LogP contribution is -2.07. The standard InChI is InChI=1S/C13H8F3NS/c14-13(15,16)8-5-6-10-12(7-8)18-11-4-2-1-3-9(11)17-10/h1-7,17H. The molecule has 2 aromatic rings. The smallest absolute Gasteiger partial charge is 0.354 e. The van der Waals surface area contributed by atoms with Crippen LogP contribution in [-0.4, -0.2) is 0 Å². The molecule has 5 heteroatoms. The first-order valence-corrected chi connectivity index (χ1v) is 6.11. The Labute approximate surface area is 106 Å². The number of benzene rings is 2. The zero-order valence-electron chi connectivity index (χ0n) is 9.08. The summed E-state index contributed by atoms with van der Waals surface area (Å²) < 4.78 is 37.9. The number of halogens is 3. The van der Waals surface area contributed by atoms with E-state index in [0.717, 1.165) is 16.6 Å². The van der Waals surface area contributed by atoms with E-state index < -0.39 is 11.7 Å². The Balaban J connectivity index is 2.04. The van der Waals surface area contributed by atoms with Crippen LogP contribution in [0.5, 0.6) is 0 Å². The van der Waals surface area contributed by atoms with Crippen molar-refractivity contribution in [2.75, 3.05) is 5.32 Å². The molecule has 0 bridgehead atoms. The van der Waals surface area contributed by atoms with Crippen molar-refractivity contribution in [1.82, 2.24) is 0 Å². The number of hydrogen-bond acceptors (Lipinski definition) is 2. The average Bonchev–Trinajstić information content (AvgIpc) is 2.34. The van der Waals surface area contributed by atoms with Gasteiger partial charge in [-0.15, -0.1) is 0 Å². The molecule has 0 saturated heterocycles. The van der Waals surface area contributed by atoms with Crippen LogP contribution in [0.1, 0.15) is 5.56 Å². The first kappa shape index (κ1) is 11.5. The Morgan fingerprint density at radius 1 is 0.889 bits per heavy atom. The quantitative estimate of drug-likeness (QED) is 0.621. The summed E-state index contributed by atoms with van der Waals surface area (Å²) in [5.74, 6) is 0. The highest BCUT2D eigenvalue weighted by atomic mass is 32.2. The van der Waals surface area contributed by atoms with E-state index in [1.54, 1.807) is 0 Å². The molecule has 0 spiro atoms. The fourth-order valence-electron chi connectivity index (χ4n) is 1.81. The van der Waals surface area contributed by atoms with E-state index in [2.05, 4.69) is 5.32 Å². The summed E-state index contributed by atoms with van der Waals surface area (Å²) in [4.78, 5) is 1.54. The lowest BCUT2D eigenvalue weighted by atomic mass is 10.2. The molecular weight excluding hydrogens is 259 g/mol. The summed E-state index contributed by atoms with van der Waals surface area (Å²) in [6.07, 6.45) is -4.30. The van der Waals surface area contributed by atoms with Crippen LogP contribution in [0.2, 0.25) is 0 Å². The highest BCUT2D eigenvalue weighted by molar-refractivity contribution is 7.99. The largest absolute Gasteiger partial charge is 0.416 e. The van der Waals surface area contributed by atoms with E-state index in [1.807, 2.05) is 24.3 Å². The normalized spacial score (nSPS) is 13.5. The van der Waals surface area contributed by atoms with Crippen LogP contribution in [-0.2, 0) is 6.18 Å². The third kappa shape index (κ3) is 1.95. The molecule has 1 nitrogen and oxygen atoms in total. The Morgan fingerprint density at radius 3 is 2.39 bits per heavy atom. The van der Waals surface area contributed by atoms with E-state index in [1.165, 1.54) is 23.9 Å². The van der Waals surface area contributed by atoms with Crippen LogP contribution >= 0.6 is 11.8 Å². The molecule has 2 aromatic carbocycles. The van der Waals surface area contributed by atoms with Gasteiger partial charge in [-0.25, -0.2) is 0 Å². The summed E-state index contributed by atoms with van der Waals surface area (Å²) in [6.45, 7) is 0. The van der Waals surface area contributed by atoms with Crippen molar-refractivity contribution in [3.8, 4) is 0 Å². The van der Waals surface area contributed by atoms with Crippen molar-refractivity contribution in [3.05, 3.63) is 48.0 Å². The number of fused-ring (bicyclic) bond motifs is 2. The third-order valence-electron chi connectivity index (χ3n) is 2.69. The molecule has 0 fully saturated rings. The number of para-hydroxylation sites is 1. The fourth-order valence-corrected chi connectivity index (χ4v) is 2.84. The minimum atomic E-state index is -4.30. The minimum absolute atomic E-state index is 0.600. The van der Waals surface area contributed by atoms with Crippen molar-refractivity contribution in [3.63, 3.8) is 0 Å². The van der Waals surface area contributed by atoms with Gasteiger partial charge in [0, 0.05) is 9.79 Å². The first-order chi connectivity index (χ1) is 8.54. The highest BCUT2D eigenvalue weighted by Crippen LogP contribution is 2.45. The van der Waals surface area contributed by atoms with Crippen LogP contribution in [0.3, 0.4) is 0 Å². The van der Waals surface area contributed by atoms with E-state index >= 15 is 0 Å². The molecule has 1 N–H and O–H groups in total. The van der Waals surface area contributed by atoms with Gasteiger partial charge in [-0.2, -0.15) is 13.2 Å². The zero-order valence-corrected chi connectivity index (χ0v) is 9.90. The maximum Gasteiger partial charge on any atom is 0.416 e. The van der Waals surface area contributed by atoms with E-state index in [-0.39, 0.29) is 0 Å². The molecule has 0 aromatic heterocycles. The molecule has 0 unspecified atom stereocenters. The van der Waals surface area contributed by atoms with Gasteiger partial charge in [-0.05, 0) is 30.3 Å². The van der Waals surface area contributed by atoms with Gasteiger partial charge in [0.15, 0.2) is 0 Å². The Bertz CT molecular complexity index is 607. The molecule has 1 aliphatic rings. The molecule has 0 saturated carbocycles. The lowest BCUT2D eigenvalue weighted by molar-refractivity contribution is -0.137. The minimum Gasteiger partial charge on any atom is -0.354 e. The molecule has 1 heterocycles. The maximum atomic E-state index is 12.6. The molecule has 1 aliphatic heterocycles. The van der Waals surface area contributed by atoms with Crippen LogP contribution in [0.15, 0.2) is 52.3 Å². The molecule has 0 amide bonds. The van der Waals surface area contributed by atoms with Gasteiger partial charge in [0.05, 0.1) is 16.9 Å². The number of alkyl halides is 3. The average molecular weight is 267 g/mol. The predicted molar refractivity (Wildman–Crippen MR) is 65.3 cm³/mol. The summed E-state index contributed by atoms with van der Waals surface area (Å²) in [5.41, 5.74) is 1.02. The second-order valence-corrected chi connectivity index (χ2v) is 5.02. The SMILES string of the molecule is FC(F)(F)c1ccc2c(c1)Sc1ccccc1N2. The number of nitrogens with one attached hydrogen (secondary N) is 1. The van der Waals surface area contributed by atoms with Crippen LogP contribution in [0.4, 0.5) is 24.5 Å². The predicted octanol–water partition coefficient (Wildman–Crippen LogP) is 4.91. The molecule has 18 heavy (non-hydrogen) atoms.